The lowest BCUT2D eigenvalue weighted by Crippen LogP contribution is -2.27. The predicted octanol–water partition coefficient (Wildman–Crippen LogP) is 3.81. The monoisotopic (exact) mass is 354 g/mol. The Morgan fingerprint density at radius 3 is 2.81 bits per heavy atom. The van der Waals surface area contributed by atoms with E-state index in [-0.39, 0.29) is 0 Å². The van der Waals surface area contributed by atoms with Gasteiger partial charge in [0.15, 0.2) is 0 Å². The Bertz CT molecular complexity index is 446. The first-order chi connectivity index (χ1) is 10.1. The van der Waals surface area contributed by atoms with Crippen molar-refractivity contribution in [2.45, 2.75) is 39.3 Å². The van der Waals surface area contributed by atoms with Gasteiger partial charge >= 0.3 is 0 Å². The largest absolute Gasteiger partial charge is 0.379 e. The highest BCUT2D eigenvalue weighted by Gasteiger charge is 2.21. The van der Waals surface area contributed by atoms with E-state index in [0.717, 1.165) is 36.7 Å². The molecule has 1 fully saturated rings. The van der Waals surface area contributed by atoms with Crippen LogP contribution < -0.4 is 10.2 Å². The molecule has 0 bridgehead atoms. The van der Waals surface area contributed by atoms with Gasteiger partial charge < -0.3 is 15.0 Å². The zero-order valence-electron chi connectivity index (χ0n) is 13.4. The summed E-state index contributed by atoms with van der Waals surface area (Å²) in [6.45, 7) is 7.91. The number of hydrogen-bond acceptors (Lipinski definition) is 3. The molecule has 1 saturated carbocycles. The first-order valence-corrected chi connectivity index (χ1v) is 8.66. The van der Waals surface area contributed by atoms with Gasteiger partial charge in [0.05, 0.1) is 6.61 Å². The van der Waals surface area contributed by atoms with Crippen LogP contribution in [0.5, 0.6) is 0 Å². The van der Waals surface area contributed by atoms with E-state index < -0.39 is 0 Å². The Morgan fingerprint density at radius 1 is 1.38 bits per heavy atom. The van der Waals surface area contributed by atoms with E-state index in [9.17, 15) is 0 Å². The van der Waals surface area contributed by atoms with Gasteiger partial charge in [0.1, 0.15) is 0 Å². The number of halogens is 1. The minimum absolute atomic E-state index is 0.494. The molecule has 0 aliphatic heterocycles. The molecule has 0 unspecified atom stereocenters. The van der Waals surface area contributed by atoms with Crippen LogP contribution in [0.4, 0.5) is 5.69 Å². The average Bonchev–Trinajstić information content (AvgIpc) is 3.26. The van der Waals surface area contributed by atoms with E-state index in [1.54, 1.807) is 0 Å². The maximum atomic E-state index is 5.75. The summed E-state index contributed by atoms with van der Waals surface area (Å²) < 4.78 is 6.87. The van der Waals surface area contributed by atoms with Crippen molar-refractivity contribution in [3.8, 4) is 0 Å². The van der Waals surface area contributed by atoms with E-state index in [1.807, 2.05) is 0 Å². The highest BCUT2D eigenvalue weighted by molar-refractivity contribution is 9.10. The van der Waals surface area contributed by atoms with Crippen molar-refractivity contribution in [2.24, 2.45) is 5.92 Å². The van der Waals surface area contributed by atoms with Crippen molar-refractivity contribution in [3.63, 3.8) is 0 Å². The van der Waals surface area contributed by atoms with Crippen LogP contribution in [0.3, 0.4) is 0 Å². The van der Waals surface area contributed by atoms with Crippen LogP contribution in [0.1, 0.15) is 32.3 Å². The van der Waals surface area contributed by atoms with Gasteiger partial charge in [-0.3, -0.25) is 0 Å². The fraction of sp³-hybridized carbons (Fsp3) is 0.647. The molecule has 0 aromatic heterocycles. The Kier molecular flexibility index (Phi) is 6.52. The second-order valence-corrected chi connectivity index (χ2v) is 7.16. The third-order valence-corrected chi connectivity index (χ3v) is 4.27. The molecule has 4 heteroatoms. The maximum absolute atomic E-state index is 5.75. The van der Waals surface area contributed by atoms with Gasteiger partial charge in [0.25, 0.3) is 0 Å². The Morgan fingerprint density at radius 2 is 2.14 bits per heavy atom. The van der Waals surface area contributed by atoms with Gasteiger partial charge in [-0.1, -0.05) is 35.8 Å². The molecule has 1 aromatic rings. The molecule has 2 rings (SSSR count). The smallest absolute Gasteiger partial charge is 0.0641 e. The number of hydrogen-bond donors (Lipinski definition) is 1. The number of rotatable bonds is 9. The van der Waals surface area contributed by atoms with E-state index in [4.69, 9.17) is 4.74 Å². The van der Waals surface area contributed by atoms with Gasteiger partial charge in [0.2, 0.25) is 0 Å². The molecule has 1 aromatic carbocycles. The third kappa shape index (κ3) is 5.97. The quantitative estimate of drug-likeness (QED) is 0.682. The highest BCUT2D eigenvalue weighted by atomic mass is 79.9. The Hall–Kier alpha value is -0.580. The molecule has 0 spiro atoms. The van der Waals surface area contributed by atoms with E-state index in [0.29, 0.717) is 6.04 Å². The van der Waals surface area contributed by atoms with Gasteiger partial charge in [0, 0.05) is 42.9 Å². The van der Waals surface area contributed by atoms with Gasteiger partial charge in [-0.15, -0.1) is 0 Å². The molecule has 3 nitrogen and oxygen atoms in total. The van der Waals surface area contributed by atoms with Crippen LogP contribution in [0.2, 0.25) is 0 Å². The summed E-state index contributed by atoms with van der Waals surface area (Å²) in [5.41, 5.74) is 2.60. The zero-order valence-corrected chi connectivity index (χ0v) is 14.9. The number of benzene rings is 1. The lowest BCUT2D eigenvalue weighted by Gasteiger charge is -2.23. The van der Waals surface area contributed by atoms with E-state index >= 15 is 0 Å². The minimum Gasteiger partial charge on any atom is -0.379 e. The summed E-state index contributed by atoms with van der Waals surface area (Å²) in [4.78, 5) is 2.29. The molecule has 0 atom stereocenters. The second-order valence-electron chi connectivity index (χ2n) is 6.25. The summed E-state index contributed by atoms with van der Waals surface area (Å²) in [5, 5.41) is 3.49. The molecule has 118 valence electrons. The molecule has 1 aliphatic rings. The lowest BCUT2D eigenvalue weighted by molar-refractivity contribution is 0.131. The van der Waals surface area contributed by atoms with Crippen molar-refractivity contribution in [2.75, 3.05) is 31.7 Å². The fourth-order valence-corrected chi connectivity index (χ4v) is 2.56. The van der Waals surface area contributed by atoms with Crippen molar-refractivity contribution in [1.29, 1.82) is 0 Å². The SMILES string of the molecule is CC(C)NCc1ccc(Br)cc1N(C)CCOCC1CC1. The standard InChI is InChI=1S/C17H27BrN2O/c1-13(2)19-11-15-6-7-16(18)10-17(15)20(3)8-9-21-12-14-4-5-14/h6-7,10,13-14,19H,4-5,8-9,11-12H2,1-3H3. The topological polar surface area (TPSA) is 24.5 Å². The summed E-state index contributed by atoms with van der Waals surface area (Å²) in [7, 11) is 2.14. The van der Waals surface area contributed by atoms with E-state index in [2.05, 4.69) is 65.2 Å². The molecule has 0 heterocycles. The first kappa shape index (κ1) is 16.8. The van der Waals surface area contributed by atoms with Crippen LogP contribution in [-0.2, 0) is 11.3 Å². The number of nitrogens with zero attached hydrogens (tertiary/aromatic N) is 1. The van der Waals surface area contributed by atoms with Crippen LogP contribution in [0.15, 0.2) is 22.7 Å². The van der Waals surface area contributed by atoms with Crippen LogP contribution >= 0.6 is 15.9 Å². The Labute approximate surface area is 137 Å². The third-order valence-electron chi connectivity index (χ3n) is 3.78. The molecule has 0 radical (unpaired) electrons. The van der Waals surface area contributed by atoms with Crippen molar-refractivity contribution < 1.29 is 4.74 Å². The van der Waals surface area contributed by atoms with Gasteiger partial charge in [-0.2, -0.15) is 0 Å². The maximum Gasteiger partial charge on any atom is 0.0641 e. The molecular weight excluding hydrogens is 328 g/mol. The second kappa shape index (κ2) is 8.16. The van der Waals surface area contributed by atoms with Crippen LogP contribution in [-0.4, -0.2) is 32.8 Å². The highest BCUT2D eigenvalue weighted by Crippen LogP contribution is 2.29. The number of ether oxygens (including phenoxy) is 1. The molecular formula is C17H27BrN2O. The fourth-order valence-electron chi connectivity index (χ4n) is 2.21. The average molecular weight is 355 g/mol. The normalized spacial score (nSPS) is 14.7. The Balaban J connectivity index is 1.89. The molecule has 1 aliphatic carbocycles. The summed E-state index contributed by atoms with van der Waals surface area (Å²) in [5.74, 6) is 0.840. The minimum atomic E-state index is 0.494. The predicted molar refractivity (Wildman–Crippen MR) is 92.9 cm³/mol. The van der Waals surface area contributed by atoms with Crippen molar-refractivity contribution in [1.82, 2.24) is 5.32 Å². The molecule has 0 saturated heterocycles. The molecule has 21 heavy (non-hydrogen) atoms. The molecule has 1 N–H and O–H groups in total. The summed E-state index contributed by atoms with van der Waals surface area (Å²) in [6, 6.07) is 6.99. The summed E-state index contributed by atoms with van der Waals surface area (Å²) >= 11 is 3.58. The lowest BCUT2D eigenvalue weighted by atomic mass is 10.1. The van der Waals surface area contributed by atoms with Crippen molar-refractivity contribution in [3.05, 3.63) is 28.2 Å². The number of anilines is 1. The number of likely N-dealkylation sites (N-methyl/N-ethyl adjacent to an activating group) is 1. The van der Waals surface area contributed by atoms with E-state index in [1.165, 1.54) is 24.1 Å². The van der Waals surface area contributed by atoms with Crippen LogP contribution in [0, 0.1) is 5.92 Å². The van der Waals surface area contributed by atoms with Crippen LogP contribution in [0.25, 0.3) is 0 Å². The number of nitrogens with one attached hydrogen (secondary N) is 1. The zero-order chi connectivity index (χ0) is 15.2. The molecule has 0 amide bonds. The van der Waals surface area contributed by atoms with Gasteiger partial charge in [-0.05, 0) is 36.5 Å². The van der Waals surface area contributed by atoms with Crippen molar-refractivity contribution >= 4 is 21.6 Å². The van der Waals surface area contributed by atoms with Gasteiger partial charge in [-0.25, -0.2) is 0 Å². The first-order valence-electron chi connectivity index (χ1n) is 7.87. The summed E-state index contributed by atoms with van der Waals surface area (Å²) in [6.07, 6.45) is 2.71.